The van der Waals surface area contributed by atoms with Crippen molar-refractivity contribution in [2.45, 2.75) is 0 Å². The van der Waals surface area contributed by atoms with Crippen LogP contribution in [-0.4, -0.2) is 17.1 Å². The van der Waals surface area contributed by atoms with E-state index in [4.69, 9.17) is 10.5 Å². The Morgan fingerprint density at radius 1 is 1.25 bits per heavy atom. The lowest BCUT2D eigenvalue weighted by Gasteiger charge is -2.06. The summed E-state index contributed by atoms with van der Waals surface area (Å²) in [7, 11) is 1.62. The Kier molecular flexibility index (Phi) is 2.86. The maximum absolute atomic E-state index is 5.49. The molecule has 1 heterocycles. The number of nitrogens with two attached hydrogens (primary N) is 1. The average molecular weight is 216 g/mol. The second-order valence-electron chi connectivity index (χ2n) is 3.20. The third kappa shape index (κ3) is 2.38. The largest absolute Gasteiger partial charge is 0.497 e. The minimum Gasteiger partial charge on any atom is -0.497 e. The summed E-state index contributed by atoms with van der Waals surface area (Å²) in [4.78, 5) is 8.08. The molecule has 0 saturated carbocycles. The van der Waals surface area contributed by atoms with Gasteiger partial charge in [-0.3, -0.25) is 0 Å². The molecule has 0 fully saturated rings. The Morgan fingerprint density at radius 3 is 2.69 bits per heavy atom. The second kappa shape index (κ2) is 4.48. The third-order valence-corrected chi connectivity index (χ3v) is 2.00. The number of hydrogen-bond acceptors (Lipinski definition) is 5. The predicted octanol–water partition coefficient (Wildman–Crippen LogP) is 1.81. The normalized spacial score (nSPS) is 9.81. The highest BCUT2D eigenvalue weighted by Crippen LogP contribution is 2.19. The van der Waals surface area contributed by atoms with Gasteiger partial charge in [-0.1, -0.05) is 6.07 Å². The summed E-state index contributed by atoms with van der Waals surface area (Å²) in [5.41, 5.74) is 6.90. The number of anilines is 3. The minimum absolute atomic E-state index is 0.502. The van der Waals surface area contributed by atoms with Gasteiger partial charge in [0.05, 0.1) is 25.2 Å². The summed E-state index contributed by atoms with van der Waals surface area (Å²) in [6, 6.07) is 7.52. The summed E-state index contributed by atoms with van der Waals surface area (Å²) in [5, 5.41) is 3.05. The first-order valence-corrected chi connectivity index (χ1v) is 4.76. The van der Waals surface area contributed by atoms with E-state index in [1.807, 2.05) is 24.3 Å². The van der Waals surface area contributed by atoms with E-state index < -0.39 is 0 Å². The zero-order chi connectivity index (χ0) is 11.4. The van der Waals surface area contributed by atoms with Crippen LogP contribution in [-0.2, 0) is 0 Å². The van der Waals surface area contributed by atoms with Crippen LogP contribution in [0.25, 0.3) is 0 Å². The van der Waals surface area contributed by atoms with Crippen LogP contribution in [0.1, 0.15) is 0 Å². The van der Waals surface area contributed by atoms with E-state index in [0.717, 1.165) is 11.4 Å². The lowest BCUT2D eigenvalue weighted by Crippen LogP contribution is -1.98. The zero-order valence-corrected chi connectivity index (χ0v) is 8.84. The van der Waals surface area contributed by atoms with Gasteiger partial charge in [0, 0.05) is 11.8 Å². The molecule has 2 rings (SSSR count). The first-order chi connectivity index (χ1) is 7.78. The van der Waals surface area contributed by atoms with Crippen molar-refractivity contribution in [2.75, 3.05) is 18.2 Å². The van der Waals surface area contributed by atoms with Crippen LogP contribution in [0.4, 0.5) is 17.3 Å². The van der Waals surface area contributed by atoms with E-state index >= 15 is 0 Å². The van der Waals surface area contributed by atoms with E-state index in [1.165, 1.54) is 0 Å². The topological polar surface area (TPSA) is 73.1 Å². The van der Waals surface area contributed by atoms with Crippen molar-refractivity contribution in [3.8, 4) is 5.75 Å². The molecule has 82 valence electrons. The summed E-state index contributed by atoms with van der Waals surface area (Å²) in [5.74, 6) is 1.28. The van der Waals surface area contributed by atoms with Crippen LogP contribution < -0.4 is 15.8 Å². The first-order valence-electron chi connectivity index (χ1n) is 4.76. The van der Waals surface area contributed by atoms with Crippen LogP contribution in [0.2, 0.25) is 0 Å². The number of methoxy groups -OCH3 is 1. The molecule has 1 aromatic carbocycles. The van der Waals surface area contributed by atoms with E-state index in [-0.39, 0.29) is 0 Å². The van der Waals surface area contributed by atoms with Crippen LogP contribution in [0.5, 0.6) is 5.75 Å². The lowest BCUT2D eigenvalue weighted by molar-refractivity contribution is 0.415. The number of hydrogen-bond donors (Lipinski definition) is 2. The molecule has 0 saturated heterocycles. The highest BCUT2D eigenvalue weighted by molar-refractivity contribution is 5.56. The molecule has 3 N–H and O–H groups in total. The molecule has 0 aliphatic heterocycles. The molecule has 0 atom stereocenters. The van der Waals surface area contributed by atoms with Crippen molar-refractivity contribution in [3.63, 3.8) is 0 Å². The van der Waals surface area contributed by atoms with Gasteiger partial charge in [0.1, 0.15) is 5.75 Å². The SMILES string of the molecule is COc1cccc(Nc2ncc(N)cn2)c1. The van der Waals surface area contributed by atoms with Gasteiger partial charge in [-0.15, -0.1) is 0 Å². The van der Waals surface area contributed by atoms with Crippen molar-refractivity contribution < 1.29 is 4.74 Å². The summed E-state index contributed by atoms with van der Waals surface area (Å²) < 4.78 is 5.11. The van der Waals surface area contributed by atoms with Gasteiger partial charge >= 0.3 is 0 Å². The number of benzene rings is 1. The fourth-order valence-electron chi connectivity index (χ4n) is 1.23. The number of nitrogen functional groups attached to an aromatic ring is 1. The average Bonchev–Trinajstić information content (AvgIpc) is 2.32. The number of nitrogens with zero attached hydrogens (tertiary/aromatic N) is 2. The quantitative estimate of drug-likeness (QED) is 0.818. The monoisotopic (exact) mass is 216 g/mol. The van der Waals surface area contributed by atoms with Gasteiger partial charge in [0.2, 0.25) is 5.95 Å². The maximum Gasteiger partial charge on any atom is 0.227 e. The number of ether oxygens (including phenoxy) is 1. The Bertz CT molecular complexity index is 470. The van der Waals surface area contributed by atoms with Crippen LogP contribution in [0, 0.1) is 0 Å². The number of rotatable bonds is 3. The van der Waals surface area contributed by atoms with Crippen LogP contribution in [0.15, 0.2) is 36.7 Å². The lowest BCUT2D eigenvalue weighted by atomic mass is 10.3. The standard InChI is InChI=1S/C11H12N4O/c1-16-10-4-2-3-9(5-10)15-11-13-6-8(12)7-14-11/h2-7H,12H2,1H3,(H,13,14,15). The first kappa shape index (κ1) is 10.2. The van der Waals surface area contributed by atoms with Crippen molar-refractivity contribution in [3.05, 3.63) is 36.7 Å². The molecular weight excluding hydrogens is 204 g/mol. The Hall–Kier alpha value is -2.30. The number of aromatic nitrogens is 2. The highest BCUT2D eigenvalue weighted by Gasteiger charge is 1.98. The highest BCUT2D eigenvalue weighted by atomic mass is 16.5. The fourth-order valence-corrected chi connectivity index (χ4v) is 1.23. The summed E-state index contributed by atoms with van der Waals surface area (Å²) in [6.45, 7) is 0. The van der Waals surface area contributed by atoms with Gasteiger partial charge < -0.3 is 15.8 Å². The third-order valence-electron chi connectivity index (χ3n) is 2.00. The predicted molar refractivity (Wildman–Crippen MR) is 62.7 cm³/mol. The van der Waals surface area contributed by atoms with Crippen molar-refractivity contribution >= 4 is 17.3 Å². The van der Waals surface area contributed by atoms with Crippen LogP contribution in [0.3, 0.4) is 0 Å². The molecule has 5 nitrogen and oxygen atoms in total. The van der Waals surface area contributed by atoms with Gasteiger partial charge in [0.15, 0.2) is 0 Å². The molecule has 0 aliphatic carbocycles. The second-order valence-corrected chi connectivity index (χ2v) is 3.20. The zero-order valence-electron chi connectivity index (χ0n) is 8.84. The van der Waals surface area contributed by atoms with E-state index in [0.29, 0.717) is 11.6 Å². The van der Waals surface area contributed by atoms with E-state index in [9.17, 15) is 0 Å². The van der Waals surface area contributed by atoms with Gasteiger partial charge in [-0.05, 0) is 12.1 Å². The number of nitrogens with one attached hydrogen (secondary N) is 1. The molecule has 0 spiro atoms. The maximum atomic E-state index is 5.49. The Balaban J connectivity index is 2.16. The Morgan fingerprint density at radius 2 is 2.00 bits per heavy atom. The smallest absolute Gasteiger partial charge is 0.227 e. The molecular formula is C11H12N4O. The van der Waals surface area contributed by atoms with E-state index in [1.54, 1.807) is 19.5 Å². The van der Waals surface area contributed by atoms with Gasteiger partial charge in [-0.2, -0.15) is 0 Å². The summed E-state index contributed by atoms with van der Waals surface area (Å²) in [6.07, 6.45) is 3.10. The fraction of sp³-hybridized carbons (Fsp3) is 0.0909. The molecule has 0 amide bonds. The molecule has 0 unspecified atom stereocenters. The molecule has 0 bridgehead atoms. The summed E-state index contributed by atoms with van der Waals surface area (Å²) >= 11 is 0. The van der Waals surface area contributed by atoms with Gasteiger partial charge in [0.25, 0.3) is 0 Å². The molecule has 1 aromatic heterocycles. The van der Waals surface area contributed by atoms with Crippen molar-refractivity contribution in [2.24, 2.45) is 0 Å². The Labute approximate surface area is 93.3 Å². The van der Waals surface area contributed by atoms with Crippen LogP contribution >= 0.6 is 0 Å². The molecule has 0 aliphatic rings. The molecule has 16 heavy (non-hydrogen) atoms. The molecule has 0 radical (unpaired) electrons. The molecule has 5 heteroatoms. The van der Waals surface area contributed by atoms with Gasteiger partial charge in [-0.25, -0.2) is 9.97 Å². The minimum atomic E-state index is 0.502. The van der Waals surface area contributed by atoms with E-state index in [2.05, 4.69) is 15.3 Å². The van der Waals surface area contributed by atoms with Crippen molar-refractivity contribution in [1.29, 1.82) is 0 Å². The molecule has 2 aromatic rings. The van der Waals surface area contributed by atoms with Crippen molar-refractivity contribution in [1.82, 2.24) is 9.97 Å².